The summed E-state index contributed by atoms with van der Waals surface area (Å²) in [4.78, 5) is 15.8. The van der Waals surface area contributed by atoms with Crippen LogP contribution in [0.1, 0.15) is 29.8 Å². The summed E-state index contributed by atoms with van der Waals surface area (Å²) in [6, 6.07) is 2.47. The van der Waals surface area contributed by atoms with E-state index in [1.807, 2.05) is 13.1 Å². The largest absolute Gasteiger partial charge is 0.374 e. The molecule has 1 N–H and O–H groups in total. The molecular formula is C13H13Cl2N3O2S. The van der Waals surface area contributed by atoms with Crippen molar-refractivity contribution < 1.29 is 4.92 Å². The number of benzene rings is 1. The van der Waals surface area contributed by atoms with E-state index in [9.17, 15) is 10.1 Å². The monoisotopic (exact) mass is 345 g/mol. The molecule has 1 unspecified atom stereocenters. The van der Waals surface area contributed by atoms with E-state index in [-0.39, 0.29) is 21.8 Å². The second-order valence-corrected chi connectivity index (χ2v) is 6.39. The van der Waals surface area contributed by atoms with E-state index < -0.39 is 4.92 Å². The van der Waals surface area contributed by atoms with Gasteiger partial charge < -0.3 is 5.32 Å². The van der Waals surface area contributed by atoms with Crippen LogP contribution in [-0.2, 0) is 6.42 Å². The van der Waals surface area contributed by atoms with Crippen LogP contribution < -0.4 is 5.32 Å². The molecule has 21 heavy (non-hydrogen) atoms. The zero-order chi connectivity index (χ0) is 15.6. The molecule has 5 nitrogen and oxygen atoms in total. The second kappa shape index (κ2) is 6.60. The van der Waals surface area contributed by atoms with E-state index in [0.717, 1.165) is 11.4 Å². The van der Waals surface area contributed by atoms with Crippen LogP contribution in [0.15, 0.2) is 18.3 Å². The number of hydrogen-bond donors (Lipinski definition) is 1. The molecule has 1 aromatic carbocycles. The Balaban J connectivity index is 2.24. The summed E-state index contributed by atoms with van der Waals surface area (Å²) in [5.41, 5.74) is 0.343. The van der Waals surface area contributed by atoms with Gasteiger partial charge in [0.2, 0.25) is 0 Å². The van der Waals surface area contributed by atoms with Crippen molar-refractivity contribution in [1.82, 2.24) is 4.98 Å². The van der Waals surface area contributed by atoms with Crippen LogP contribution in [0.3, 0.4) is 0 Å². The van der Waals surface area contributed by atoms with E-state index in [2.05, 4.69) is 17.2 Å². The number of aromatic nitrogens is 1. The highest BCUT2D eigenvalue weighted by molar-refractivity contribution is 7.11. The minimum atomic E-state index is -0.528. The summed E-state index contributed by atoms with van der Waals surface area (Å²) < 4.78 is 0. The van der Waals surface area contributed by atoms with Crippen molar-refractivity contribution in [3.05, 3.63) is 48.4 Å². The van der Waals surface area contributed by atoms with E-state index in [1.165, 1.54) is 17.0 Å². The summed E-state index contributed by atoms with van der Waals surface area (Å²) in [6.07, 6.45) is 2.78. The van der Waals surface area contributed by atoms with Crippen molar-refractivity contribution in [3.8, 4) is 0 Å². The molecule has 8 heteroatoms. The quantitative estimate of drug-likeness (QED) is 0.604. The van der Waals surface area contributed by atoms with Gasteiger partial charge in [0.15, 0.2) is 0 Å². The average molecular weight is 346 g/mol. The topological polar surface area (TPSA) is 68.1 Å². The van der Waals surface area contributed by atoms with Gasteiger partial charge in [0.05, 0.1) is 26.7 Å². The first-order valence-corrected chi connectivity index (χ1v) is 7.84. The van der Waals surface area contributed by atoms with Crippen molar-refractivity contribution in [2.75, 3.05) is 5.32 Å². The molecule has 1 heterocycles. The highest BCUT2D eigenvalue weighted by Gasteiger charge is 2.18. The first kappa shape index (κ1) is 16.0. The predicted molar refractivity (Wildman–Crippen MR) is 86.6 cm³/mol. The summed E-state index contributed by atoms with van der Waals surface area (Å²) >= 11 is 13.8. The number of nitro benzene ring substituents is 1. The number of hydrogen-bond acceptors (Lipinski definition) is 5. The van der Waals surface area contributed by atoms with Gasteiger partial charge in [-0.2, -0.15) is 0 Å². The van der Waals surface area contributed by atoms with Gasteiger partial charge in [-0.1, -0.05) is 30.1 Å². The molecule has 0 aliphatic carbocycles. The summed E-state index contributed by atoms with van der Waals surface area (Å²) in [5, 5.41) is 15.3. The van der Waals surface area contributed by atoms with Crippen LogP contribution in [0.4, 0.5) is 11.4 Å². The van der Waals surface area contributed by atoms with Crippen molar-refractivity contribution in [2.24, 2.45) is 0 Å². The number of aryl methyl sites for hydroxylation is 1. The summed E-state index contributed by atoms with van der Waals surface area (Å²) in [5.74, 6) is 0. The first-order chi connectivity index (χ1) is 9.92. The SMILES string of the molecule is CCc1cnc(C(C)Nc2c(Cl)cc([N+](=O)[O-])cc2Cl)s1. The maximum atomic E-state index is 10.8. The zero-order valence-electron chi connectivity index (χ0n) is 11.4. The third-order valence-electron chi connectivity index (χ3n) is 2.89. The predicted octanol–water partition coefficient (Wildman–Crippen LogP) is 5.09. The Bertz CT molecular complexity index is 652. The van der Waals surface area contributed by atoms with Gasteiger partial charge in [0.25, 0.3) is 5.69 Å². The van der Waals surface area contributed by atoms with Gasteiger partial charge in [-0.05, 0) is 13.3 Å². The maximum Gasteiger partial charge on any atom is 0.272 e. The number of thiazole rings is 1. The Labute approximate surface area is 136 Å². The Kier molecular flexibility index (Phi) is 5.03. The lowest BCUT2D eigenvalue weighted by molar-refractivity contribution is -0.384. The molecule has 1 aromatic heterocycles. The van der Waals surface area contributed by atoms with E-state index in [1.54, 1.807) is 11.3 Å². The van der Waals surface area contributed by atoms with Crippen LogP contribution in [0, 0.1) is 10.1 Å². The number of nitro groups is 1. The van der Waals surface area contributed by atoms with Gasteiger partial charge in [0.1, 0.15) is 5.01 Å². The second-order valence-electron chi connectivity index (χ2n) is 4.43. The van der Waals surface area contributed by atoms with Crippen molar-refractivity contribution in [1.29, 1.82) is 0 Å². The minimum absolute atomic E-state index is 0.0910. The Hall–Kier alpha value is -1.37. The maximum absolute atomic E-state index is 10.8. The van der Waals surface area contributed by atoms with Crippen molar-refractivity contribution >= 4 is 45.9 Å². The minimum Gasteiger partial charge on any atom is -0.374 e. The standard InChI is InChI=1S/C13H13Cl2N3O2S/c1-3-9-6-16-13(21-9)7(2)17-12-10(14)4-8(18(19)20)5-11(12)15/h4-7,17H,3H2,1-2H3. The molecule has 0 bridgehead atoms. The molecule has 0 saturated carbocycles. The molecule has 0 aliphatic heterocycles. The van der Waals surface area contributed by atoms with E-state index in [4.69, 9.17) is 23.2 Å². The van der Waals surface area contributed by atoms with Crippen LogP contribution >= 0.6 is 34.5 Å². The molecule has 0 aliphatic rings. The van der Waals surface area contributed by atoms with Gasteiger partial charge in [-0.3, -0.25) is 10.1 Å². The Morgan fingerprint density at radius 3 is 2.52 bits per heavy atom. The van der Waals surface area contributed by atoms with Crippen LogP contribution in [-0.4, -0.2) is 9.91 Å². The fourth-order valence-corrected chi connectivity index (χ4v) is 3.21. The smallest absolute Gasteiger partial charge is 0.272 e. The fraction of sp³-hybridized carbons (Fsp3) is 0.308. The number of rotatable bonds is 5. The van der Waals surface area contributed by atoms with Gasteiger partial charge in [0, 0.05) is 23.2 Å². The molecule has 0 amide bonds. The third-order valence-corrected chi connectivity index (χ3v) is 4.81. The van der Waals surface area contributed by atoms with Gasteiger partial charge in [-0.15, -0.1) is 11.3 Å². The summed E-state index contributed by atoms with van der Waals surface area (Å²) in [7, 11) is 0. The number of anilines is 1. The molecule has 112 valence electrons. The molecule has 1 atom stereocenters. The highest BCUT2D eigenvalue weighted by Crippen LogP contribution is 2.37. The third kappa shape index (κ3) is 3.64. The highest BCUT2D eigenvalue weighted by atomic mass is 35.5. The average Bonchev–Trinajstić information content (AvgIpc) is 2.91. The Morgan fingerprint density at radius 2 is 2.05 bits per heavy atom. The molecule has 0 fully saturated rings. The summed E-state index contributed by atoms with van der Waals surface area (Å²) in [6.45, 7) is 4.01. The lowest BCUT2D eigenvalue weighted by Gasteiger charge is -2.15. The lowest BCUT2D eigenvalue weighted by atomic mass is 10.2. The number of non-ortho nitro benzene ring substituents is 1. The molecule has 2 rings (SSSR count). The number of nitrogens with zero attached hydrogens (tertiary/aromatic N) is 2. The lowest BCUT2D eigenvalue weighted by Crippen LogP contribution is -2.07. The van der Waals surface area contributed by atoms with Crippen LogP contribution in [0.25, 0.3) is 0 Å². The van der Waals surface area contributed by atoms with E-state index in [0.29, 0.717) is 5.69 Å². The molecular weight excluding hydrogens is 333 g/mol. The normalized spacial score (nSPS) is 12.2. The van der Waals surface area contributed by atoms with Crippen molar-refractivity contribution in [2.45, 2.75) is 26.3 Å². The molecule has 0 saturated heterocycles. The van der Waals surface area contributed by atoms with Crippen molar-refractivity contribution in [3.63, 3.8) is 0 Å². The van der Waals surface area contributed by atoms with E-state index >= 15 is 0 Å². The molecule has 0 radical (unpaired) electrons. The van der Waals surface area contributed by atoms with Gasteiger partial charge >= 0.3 is 0 Å². The molecule has 0 spiro atoms. The fourth-order valence-electron chi connectivity index (χ4n) is 1.77. The first-order valence-electron chi connectivity index (χ1n) is 6.27. The van der Waals surface area contributed by atoms with Gasteiger partial charge in [-0.25, -0.2) is 4.98 Å². The Morgan fingerprint density at radius 1 is 1.43 bits per heavy atom. The molecule has 2 aromatic rings. The number of halogens is 2. The zero-order valence-corrected chi connectivity index (χ0v) is 13.7. The van der Waals surface area contributed by atoms with Crippen LogP contribution in [0.2, 0.25) is 10.0 Å². The van der Waals surface area contributed by atoms with Crippen LogP contribution in [0.5, 0.6) is 0 Å². The number of nitrogens with one attached hydrogen (secondary N) is 1.